The molecule has 20 heavy (non-hydrogen) atoms. The molecule has 7 heteroatoms. The van der Waals surface area contributed by atoms with Crippen LogP contribution in [0.3, 0.4) is 0 Å². The lowest BCUT2D eigenvalue weighted by Gasteiger charge is -2.13. The molecule has 0 saturated heterocycles. The first-order valence-corrected chi connectivity index (χ1v) is 5.77. The summed E-state index contributed by atoms with van der Waals surface area (Å²) in [5.41, 5.74) is 0.228. The number of hydrogen-bond acceptors (Lipinski definition) is 3. The Hall–Kier alpha value is -2.49. The summed E-state index contributed by atoms with van der Waals surface area (Å²) in [7, 11) is 0. The number of rotatable bonds is 6. The Bertz CT molecular complexity index is 555. The molecule has 2 N–H and O–H groups in total. The predicted molar refractivity (Wildman–Crippen MR) is 64.5 cm³/mol. The molecule has 106 valence electrons. The van der Waals surface area contributed by atoms with E-state index in [-0.39, 0.29) is 24.8 Å². The number of carbonyl (C=O) groups excluding carboxylic acids is 1. The summed E-state index contributed by atoms with van der Waals surface area (Å²) in [5.74, 6) is -3.98. The molecule has 0 aliphatic rings. The first-order valence-electron chi connectivity index (χ1n) is 5.77. The Morgan fingerprint density at radius 1 is 1.35 bits per heavy atom. The van der Waals surface area contributed by atoms with E-state index in [1.165, 1.54) is 6.07 Å². The Labute approximate surface area is 113 Å². The van der Waals surface area contributed by atoms with Crippen molar-refractivity contribution >= 4 is 11.9 Å². The quantitative estimate of drug-likeness (QED) is 0.824. The lowest BCUT2D eigenvalue weighted by atomic mass is 10.1. The summed E-state index contributed by atoms with van der Waals surface area (Å²) < 4.78 is 25.7. The van der Waals surface area contributed by atoms with Crippen molar-refractivity contribution in [2.45, 2.75) is 25.3 Å². The number of nitrogens with zero attached hydrogens (tertiary/aromatic N) is 1. The molecule has 0 bridgehead atoms. The summed E-state index contributed by atoms with van der Waals surface area (Å²) in [6.07, 6.45) is -0.300. The molecule has 0 aliphatic heterocycles. The van der Waals surface area contributed by atoms with Crippen LogP contribution in [-0.2, 0) is 16.0 Å². The molecule has 0 fully saturated rings. The van der Waals surface area contributed by atoms with Gasteiger partial charge in [0, 0.05) is 6.42 Å². The lowest BCUT2D eigenvalue weighted by Crippen LogP contribution is -2.41. The van der Waals surface area contributed by atoms with Gasteiger partial charge in [0.25, 0.3) is 0 Å². The number of hydrogen-bond donors (Lipinski definition) is 2. The van der Waals surface area contributed by atoms with Crippen LogP contribution in [0.5, 0.6) is 0 Å². The predicted octanol–water partition coefficient (Wildman–Crippen LogP) is 1.38. The van der Waals surface area contributed by atoms with Gasteiger partial charge >= 0.3 is 5.97 Å². The summed E-state index contributed by atoms with van der Waals surface area (Å²) in [4.78, 5) is 22.5. The van der Waals surface area contributed by atoms with Gasteiger partial charge in [0.2, 0.25) is 5.91 Å². The van der Waals surface area contributed by atoms with Gasteiger partial charge in [0.1, 0.15) is 6.04 Å². The van der Waals surface area contributed by atoms with Crippen LogP contribution in [0.25, 0.3) is 0 Å². The van der Waals surface area contributed by atoms with Crippen LogP contribution in [0.1, 0.15) is 18.4 Å². The maximum absolute atomic E-state index is 13.0. The van der Waals surface area contributed by atoms with Crippen LogP contribution in [0.4, 0.5) is 8.78 Å². The first kappa shape index (κ1) is 15.6. The Morgan fingerprint density at radius 3 is 2.60 bits per heavy atom. The number of amides is 1. The van der Waals surface area contributed by atoms with E-state index in [0.717, 1.165) is 12.1 Å². The molecule has 1 aromatic rings. The second-order valence-electron chi connectivity index (χ2n) is 4.08. The van der Waals surface area contributed by atoms with E-state index in [1.54, 1.807) is 6.07 Å². The first-order chi connectivity index (χ1) is 9.43. The zero-order chi connectivity index (χ0) is 15.1. The number of carboxylic acid groups (broad SMARTS) is 1. The Morgan fingerprint density at radius 2 is 2.05 bits per heavy atom. The minimum absolute atomic E-state index is 0.0115. The van der Waals surface area contributed by atoms with E-state index in [4.69, 9.17) is 10.4 Å². The average Bonchev–Trinajstić information content (AvgIpc) is 2.38. The number of carboxylic acids is 1. The molecule has 1 rings (SSSR count). The maximum Gasteiger partial charge on any atom is 0.326 e. The van der Waals surface area contributed by atoms with Crippen molar-refractivity contribution < 1.29 is 23.5 Å². The zero-order valence-corrected chi connectivity index (χ0v) is 10.4. The number of benzene rings is 1. The Balaban J connectivity index is 2.63. The van der Waals surface area contributed by atoms with Gasteiger partial charge in [-0.3, -0.25) is 4.79 Å². The molecule has 1 atom stereocenters. The third-order valence-corrected chi connectivity index (χ3v) is 2.53. The third kappa shape index (κ3) is 4.65. The van der Waals surface area contributed by atoms with E-state index >= 15 is 0 Å². The van der Waals surface area contributed by atoms with Crippen molar-refractivity contribution in [2.24, 2.45) is 0 Å². The highest BCUT2D eigenvalue weighted by Crippen LogP contribution is 2.09. The largest absolute Gasteiger partial charge is 0.480 e. The van der Waals surface area contributed by atoms with E-state index in [2.05, 4.69) is 5.32 Å². The minimum Gasteiger partial charge on any atom is -0.480 e. The lowest BCUT2D eigenvalue weighted by molar-refractivity contribution is -0.141. The normalized spacial score (nSPS) is 11.4. The van der Waals surface area contributed by atoms with Gasteiger partial charge in [-0.2, -0.15) is 5.26 Å². The second-order valence-corrected chi connectivity index (χ2v) is 4.08. The van der Waals surface area contributed by atoms with Gasteiger partial charge in [0.05, 0.1) is 12.5 Å². The number of halogens is 2. The summed E-state index contributed by atoms with van der Waals surface area (Å²) in [6.45, 7) is 0. The van der Waals surface area contributed by atoms with Gasteiger partial charge in [-0.1, -0.05) is 6.07 Å². The van der Waals surface area contributed by atoms with Crippen LogP contribution in [-0.4, -0.2) is 23.0 Å². The summed E-state index contributed by atoms with van der Waals surface area (Å²) in [6, 6.07) is 3.62. The van der Waals surface area contributed by atoms with Crippen LogP contribution in [0, 0.1) is 23.0 Å². The van der Waals surface area contributed by atoms with Gasteiger partial charge in [-0.15, -0.1) is 0 Å². The fourth-order valence-electron chi connectivity index (χ4n) is 1.55. The fraction of sp³-hybridized carbons (Fsp3) is 0.308. The number of nitriles is 1. The molecule has 0 saturated carbocycles. The molecule has 0 heterocycles. The molecule has 1 aromatic carbocycles. The summed E-state index contributed by atoms with van der Waals surface area (Å²) in [5, 5.41) is 19.5. The standard InChI is InChI=1S/C13H12F2N2O3/c14-9-4-3-8(6-10(9)15)7-12(18)17-11(13(19)20)2-1-5-16/h3-4,6,11H,1-2,7H2,(H,17,18)(H,19,20)/t11-/m0/s1. The second kappa shape index (κ2) is 7.19. The van der Waals surface area contributed by atoms with Crippen LogP contribution in [0.2, 0.25) is 0 Å². The molecular formula is C13H12F2N2O3. The van der Waals surface area contributed by atoms with Crippen molar-refractivity contribution in [3.05, 3.63) is 35.4 Å². The topological polar surface area (TPSA) is 90.2 Å². The maximum atomic E-state index is 13.0. The van der Waals surface area contributed by atoms with Crippen molar-refractivity contribution in [1.82, 2.24) is 5.32 Å². The Kier molecular flexibility index (Phi) is 5.59. The molecule has 0 radical (unpaired) electrons. The van der Waals surface area contributed by atoms with Crippen molar-refractivity contribution in [3.8, 4) is 6.07 Å². The fourth-order valence-corrected chi connectivity index (χ4v) is 1.55. The van der Waals surface area contributed by atoms with Crippen molar-refractivity contribution in [2.75, 3.05) is 0 Å². The van der Waals surface area contributed by atoms with Crippen LogP contribution < -0.4 is 5.32 Å². The molecule has 1 amide bonds. The van der Waals surface area contributed by atoms with Gasteiger partial charge in [-0.25, -0.2) is 13.6 Å². The SMILES string of the molecule is N#CCC[C@H](NC(=O)Cc1ccc(F)c(F)c1)C(=O)O. The molecular weight excluding hydrogens is 270 g/mol. The molecule has 0 aliphatic carbocycles. The number of nitrogens with one attached hydrogen (secondary N) is 1. The van der Waals surface area contributed by atoms with E-state index in [1.807, 2.05) is 0 Å². The van der Waals surface area contributed by atoms with Gasteiger partial charge < -0.3 is 10.4 Å². The van der Waals surface area contributed by atoms with Crippen LogP contribution >= 0.6 is 0 Å². The van der Waals surface area contributed by atoms with Crippen LogP contribution in [0.15, 0.2) is 18.2 Å². The van der Waals surface area contributed by atoms with Crippen molar-refractivity contribution in [3.63, 3.8) is 0 Å². The van der Waals surface area contributed by atoms with E-state index in [9.17, 15) is 18.4 Å². The minimum atomic E-state index is -1.25. The number of aliphatic carboxylic acids is 1. The molecule has 0 spiro atoms. The highest BCUT2D eigenvalue weighted by molar-refractivity contribution is 5.84. The van der Waals surface area contributed by atoms with E-state index in [0.29, 0.717) is 0 Å². The zero-order valence-electron chi connectivity index (χ0n) is 10.4. The van der Waals surface area contributed by atoms with Gasteiger partial charge in [-0.05, 0) is 24.1 Å². The molecule has 0 aromatic heterocycles. The number of carbonyl (C=O) groups is 2. The highest BCUT2D eigenvalue weighted by Gasteiger charge is 2.19. The third-order valence-electron chi connectivity index (χ3n) is 2.53. The van der Waals surface area contributed by atoms with Crippen molar-refractivity contribution in [1.29, 1.82) is 5.26 Å². The molecule has 5 nitrogen and oxygen atoms in total. The highest BCUT2D eigenvalue weighted by atomic mass is 19.2. The van der Waals surface area contributed by atoms with E-state index < -0.39 is 29.6 Å². The van der Waals surface area contributed by atoms with Gasteiger partial charge in [0.15, 0.2) is 11.6 Å². The smallest absolute Gasteiger partial charge is 0.326 e. The monoisotopic (exact) mass is 282 g/mol. The summed E-state index contributed by atoms with van der Waals surface area (Å²) >= 11 is 0. The molecule has 0 unspecified atom stereocenters. The average molecular weight is 282 g/mol.